The molecule has 1 saturated carbocycles. The lowest BCUT2D eigenvalue weighted by Gasteiger charge is -2.09. The van der Waals surface area contributed by atoms with Crippen molar-refractivity contribution in [2.45, 2.75) is 33.6 Å². The second-order valence-electron chi connectivity index (χ2n) is 5.65. The van der Waals surface area contributed by atoms with Crippen molar-refractivity contribution in [2.75, 3.05) is 5.32 Å². The highest BCUT2D eigenvalue weighted by atomic mass is 16.2. The minimum Gasteiger partial charge on any atom is -0.322 e. The number of carbonyl (C=O) groups excluding carboxylic acids is 1. The number of H-pyrrole nitrogens is 1. The Labute approximate surface area is 118 Å². The first-order valence-electron chi connectivity index (χ1n) is 6.99. The second kappa shape index (κ2) is 4.78. The summed E-state index contributed by atoms with van der Waals surface area (Å²) in [5, 5.41) is 10.4. The zero-order valence-corrected chi connectivity index (χ0v) is 12.1. The molecule has 1 aliphatic rings. The number of hydrogen-bond donors (Lipinski definition) is 2. The zero-order valence-electron chi connectivity index (χ0n) is 12.1. The van der Waals surface area contributed by atoms with Crippen molar-refractivity contribution in [1.82, 2.24) is 10.2 Å². The van der Waals surface area contributed by atoms with Gasteiger partial charge in [0.15, 0.2) is 0 Å². The average Bonchev–Trinajstić information content (AvgIpc) is 3.18. The van der Waals surface area contributed by atoms with Crippen molar-refractivity contribution in [3.63, 3.8) is 0 Å². The maximum atomic E-state index is 12.0. The number of aromatic amines is 1. The molecular weight excluding hydrogens is 250 g/mol. The third-order valence-corrected chi connectivity index (χ3v) is 3.78. The van der Waals surface area contributed by atoms with Gasteiger partial charge in [-0.25, -0.2) is 0 Å². The first-order chi connectivity index (χ1) is 9.56. The van der Waals surface area contributed by atoms with Crippen LogP contribution in [-0.4, -0.2) is 16.1 Å². The number of hydrogen-bond acceptors (Lipinski definition) is 2. The standard InChI is InChI=1S/C16H19N3O/c1-9-4-7-13(10(2)8-9)15-14(11(3)18-19-15)17-16(20)12-5-6-12/h4,7-8,12H,5-6H2,1-3H3,(H,17,20)(H,18,19). The summed E-state index contributed by atoms with van der Waals surface area (Å²) < 4.78 is 0. The highest BCUT2D eigenvalue weighted by Gasteiger charge is 2.30. The number of rotatable bonds is 3. The molecule has 1 amide bonds. The fourth-order valence-corrected chi connectivity index (χ4v) is 2.43. The highest BCUT2D eigenvalue weighted by molar-refractivity contribution is 5.98. The Hall–Kier alpha value is -2.10. The van der Waals surface area contributed by atoms with Gasteiger partial charge in [0, 0.05) is 11.5 Å². The van der Waals surface area contributed by atoms with Gasteiger partial charge in [0.2, 0.25) is 5.91 Å². The van der Waals surface area contributed by atoms with Gasteiger partial charge in [-0.15, -0.1) is 0 Å². The SMILES string of the molecule is Cc1ccc(-c2n[nH]c(C)c2NC(=O)C2CC2)c(C)c1. The van der Waals surface area contributed by atoms with Crippen molar-refractivity contribution in [3.05, 3.63) is 35.0 Å². The molecule has 0 bridgehead atoms. The normalized spacial score (nSPS) is 14.3. The van der Waals surface area contributed by atoms with E-state index in [-0.39, 0.29) is 11.8 Å². The van der Waals surface area contributed by atoms with E-state index in [0.717, 1.165) is 35.5 Å². The summed E-state index contributed by atoms with van der Waals surface area (Å²) in [7, 11) is 0. The Balaban J connectivity index is 1.98. The number of aromatic nitrogens is 2. The van der Waals surface area contributed by atoms with Crippen LogP contribution in [0.4, 0.5) is 5.69 Å². The third-order valence-electron chi connectivity index (χ3n) is 3.78. The fourth-order valence-electron chi connectivity index (χ4n) is 2.43. The number of aryl methyl sites for hydroxylation is 3. The van der Waals surface area contributed by atoms with Crippen molar-refractivity contribution >= 4 is 11.6 Å². The summed E-state index contributed by atoms with van der Waals surface area (Å²) in [4.78, 5) is 12.0. The summed E-state index contributed by atoms with van der Waals surface area (Å²) in [6.45, 7) is 6.07. The lowest BCUT2D eigenvalue weighted by molar-refractivity contribution is -0.117. The lowest BCUT2D eigenvalue weighted by atomic mass is 10.0. The van der Waals surface area contributed by atoms with Gasteiger partial charge in [0.25, 0.3) is 0 Å². The van der Waals surface area contributed by atoms with Crippen LogP contribution in [0.2, 0.25) is 0 Å². The van der Waals surface area contributed by atoms with Gasteiger partial charge in [0.05, 0.1) is 11.4 Å². The van der Waals surface area contributed by atoms with Crippen LogP contribution >= 0.6 is 0 Å². The molecule has 0 aliphatic heterocycles. The van der Waals surface area contributed by atoms with Gasteiger partial charge in [-0.1, -0.05) is 23.8 Å². The van der Waals surface area contributed by atoms with Crippen LogP contribution in [0, 0.1) is 26.7 Å². The Morgan fingerprint density at radius 2 is 2.05 bits per heavy atom. The van der Waals surface area contributed by atoms with Crippen LogP contribution in [0.5, 0.6) is 0 Å². The molecular formula is C16H19N3O. The van der Waals surface area contributed by atoms with Crippen LogP contribution in [0.1, 0.15) is 29.7 Å². The van der Waals surface area contributed by atoms with E-state index >= 15 is 0 Å². The molecule has 20 heavy (non-hydrogen) atoms. The first kappa shape index (κ1) is 12.9. The van der Waals surface area contributed by atoms with Gasteiger partial charge in [-0.05, 0) is 39.2 Å². The molecule has 1 aromatic heterocycles. The zero-order chi connectivity index (χ0) is 14.3. The van der Waals surface area contributed by atoms with E-state index in [1.807, 2.05) is 6.92 Å². The second-order valence-corrected chi connectivity index (χ2v) is 5.65. The molecule has 1 heterocycles. The number of nitrogens with zero attached hydrogens (tertiary/aromatic N) is 1. The molecule has 0 spiro atoms. The van der Waals surface area contributed by atoms with Crippen molar-refractivity contribution in [3.8, 4) is 11.3 Å². The predicted octanol–water partition coefficient (Wildman–Crippen LogP) is 3.35. The molecule has 4 nitrogen and oxygen atoms in total. The monoisotopic (exact) mass is 269 g/mol. The topological polar surface area (TPSA) is 57.8 Å². The minimum absolute atomic E-state index is 0.112. The van der Waals surface area contributed by atoms with E-state index in [9.17, 15) is 4.79 Å². The molecule has 2 aromatic rings. The fraction of sp³-hybridized carbons (Fsp3) is 0.375. The lowest BCUT2D eigenvalue weighted by Crippen LogP contribution is -2.14. The van der Waals surface area contributed by atoms with Crippen LogP contribution < -0.4 is 5.32 Å². The van der Waals surface area contributed by atoms with E-state index in [0.29, 0.717) is 0 Å². The van der Waals surface area contributed by atoms with Gasteiger partial charge < -0.3 is 5.32 Å². The van der Waals surface area contributed by atoms with Crippen molar-refractivity contribution in [1.29, 1.82) is 0 Å². The smallest absolute Gasteiger partial charge is 0.227 e. The summed E-state index contributed by atoms with van der Waals surface area (Å²) >= 11 is 0. The largest absolute Gasteiger partial charge is 0.322 e. The quantitative estimate of drug-likeness (QED) is 0.897. The molecule has 2 N–H and O–H groups in total. The third kappa shape index (κ3) is 2.33. The number of nitrogens with one attached hydrogen (secondary N) is 2. The molecule has 0 radical (unpaired) electrons. The van der Waals surface area contributed by atoms with E-state index < -0.39 is 0 Å². The molecule has 4 heteroatoms. The van der Waals surface area contributed by atoms with Gasteiger partial charge in [0.1, 0.15) is 5.69 Å². The Kier molecular flexibility index (Phi) is 3.08. The molecule has 1 aliphatic carbocycles. The van der Waals surface area contributed by atoms with Crippen LogP contribution in [0.3, 0.4) is 0 Å². The van der Waals surface area contributed by atoms with Crippen LogP contribution in [-0.2, 0) is 4.79 Å². The number of anilines is 1. The predicted molar refractivity (Wildman–Crippen MR) is 79.6 cm³/mol. The molecule has 1 aromatic carbocycles. The maximum Gasteiger partial charge on any atom is 0.227 e. The van der Waals surface area contributed by atoms with Crippen molar-refractivity contribution in [2.24, 2.45) is 5.92 Å². The maximum absolute atomic E-state index is 12.0. The summed E-state index contributed by atoms with van der Waals surface area (Å²) in [6.07, 6.45) is 2.00. The van der Waals surface area contributed by atoms with E-state index in [1.165, 1.54) is 11.1 Å². The van der Waals surface area contributed by atoms with E-state index in [4.69, 9.17) is 0 Å². The Morgan fingerprint density at radius 3 is 2.70 bits per heavy atom. The van der Waals surface area contributed by atoms with Gasteiger partial charge in [-0.3, -0.25) is 9.89 Å². The first-order valence-corrected chi connectivity index (χ1v) is 6.99. The Morgan fingerprint density at radius 1 is 1.30 bits per heavy atom. The molecule has 3 rings (SSSR count). The molecule has 104 valence electrons. The highest BCUT2D eigenvalue weighted by Crippen LogP contribution is 2.34. The average molecular weight is 269 g/mol. The van der Waals surface area contributed by atoms with E-state index in [2.05, 4.69) is 47.6 Å². The molecule has 1 fully saturated rings. The Bertz CT molecular complexity index is 668. The van der Waals surface area contributed by atoms with Crippen molar-refractivity contribution < 1.29 is 4.79 Å². The molecule has 0 saturated heterocycles. The number of amides is 1. The summed E-state index contributed by atoms with van der Waals surface area (Å²) in [5.74, 6) is 0.303. The summed E-state index contributed by atoms with van der Waals surface area (Å²) in [6, 6.07) is 6.26. The molecule has 0 unspecified atom stereocenters. The minimum atomic E-state index is 0.112. The number of carbonyl (C=O) groups is 1. The molecule has 0 atom stereocenters. The van der Waals surface area contributed by atoms with Crippen LogP contribution in [0.25, 0.3) is 11.3 Å². The summed E-state index contributed by atoms with van der Waals surface area (Å²) in [5.41, 5.74) is 5.99. The van der Waals surface area contributed by atoms with Crippen LogP contribution in [0.15, 0.2) is 18.2 Å². The van der Waals surface area contributed by atoms with E-state index in [1.54, 1.807) is 0 Å². The van der Waals surface area contributed by atoms with Gasteiger partial charge >= 0.3 is 0 Å². The number of benzene rings is 1. The van der Waals surface area contributed by atoms with Gasteiger partial charge in [-0.2, -0.15) is 5.10 Å².